The largest absolute Gasteiger partial charge is 0.320 e. The molecule has 0 aliphatic rings. The number of aryl methyl sites for hydroxylation is 1. The second kappa shape index (κ2) is 5.99. The fourth-order valence-electron chi connectivity index (χ4n) is 1.60. The molecule has 0 aliphatic heterocycles. The second-order valence-electron chi connectivity index (χ2n) is 4.03. The maximum Gasteiger partial charge on any atom is 0.259 e. The monoisotopic (exact) mass is 272 g/mol. The zero-order valence-electron chi connectivity index (χ0n) is 10.9. The molecule has 5 nitrogen and oxygen atoms in total. The molecular weight excluding hydrogens is 259 g/mol. The van der Waals surface area contributed by atoms with Gasteiger partial charge in [0.25, 0.3) is 5.91 Å². The van der Waals surface area contributed by atoms with Gasteiger partial charge in [0.2, 0.25) is 0 Å². The third-order valence-corrected chi connectivity index (χ3v) is 2.50. The number of carbonyl (C=O) groups excluding carboxylic acids is 1. The van der Waals surface area contributed by atoms with Crippen LogP contribution in [0.15, 0.2) is 30.5 Å². The first-order valence-electron chi connectivity index (χ1n) is 5.89. The molecule has 0 unspecified atom stereocenters. The van der Waals surface area contributed by atoms with Crippen molar-refractivity contribution >= 4 is 11.7 Å². The number of rotatable bonds is 2. The van der Waals surface area contributed by atoms with Gasteiger partial charge in [0, 0.05) is 24.9 Å². The molecule has 0 radical (unpaired) electrons. The van der Waals surface area contributed by atoms with Gasteiger partial charge in [-0.1, -0.05) is 11.8 Å². The summed E-state index contributed by atoms with van der Waals surface area (Å²) in [6.45, 7) is 0.198. The van der Waals surface area contributed by atoms with Crippen LogP contribution in [-0.4, -0.2) is 22.2 Å². The predicted molar refractivity (Wildman–Crippen MR) is 73.5 cm³/mol. The van der Waals surface area contributed by atoms with Crippen LogP contribution in [0.25, 0.3) is 0 Å². The van der Waals surface area contributed by atoms with E-state index in [4.69, 9.17) is 5.73 Å². The van der Waals surface area contributed by atoms with Crippen molar-refractivity contribution in [3.05, 3.63) is 47.4 Å². The van der Waals surface area contributed by atoms with Crippen LogP contribution in [0.3, 0.4) is 0 Å². The highest BCUT2D eigenvalue weighted by Crippen LogP contribution is 2.12. The third-order valence-electron chi connectivity index (χ3n) is 2.50. The molecule has 6 heteroatoms. The highest BCUT2D eigenvalue weighted by molar-refractivity contribution is 6.04. The number of nitrogens with zero attached hydrogens (tertiary/aromatic N) is 2. The van der Waals surface area contributed by atoms with E-state index in [1.54, 1.807) is 25.4 Å². The minimum atomic E-state index is -0.637. The summed E-state index contributed by atoms with van der Waals surface area (Å²) >= 11 is 0. The number of hydrogen-bond donors (Lipinski definition) is 2. The molecule has 1 heterocycles. The molecule has 1 aromatic carbocycles. The fourth-order valence-corrected chi connectivity index (χ4v) is 1.60. The molecule has 0 saturated heterocycles. The van der Waals surface area contributed by atoms with Crippen molar-refractivity contribution in [1.29, 1.82) is 0 Å². The fraction of sp³-hybridized carbons (Fsp3) is 0.143. The van der Waals surface area contributed by atoms with Gasteiger partial charge in [-0.05, 0) is 18.2 Å². The molecule has 20 heavy (non-hydrogen) atoms. The Morgan fingerprint density at radius 2 is 2.30 bits per heavy atom. The number of nitrogens with one attached hydrogen (secondary N) is 1. The number of anilines is 1. The summed E-state index contributed by atoms with van der Waals surface area (Å²) in [5.74, 6) is 4.49. The molecule has 0 spiro atoms. The Kier molecular flexibility index (Phi) is 4.13. The quantitative estimate of drug-likeness (QED) is 0.805. The van der Waals surface area contributed by atoms with Crippen molar-refractivity contribution in [2.45, 2.75) is 0 Å². The number of nitrogens with two attached hydrogens (primary N) is 1. The van der Waals surface area contributed by atoms with Crippen LogP contribution in [0.2, 0.25) is 0 Å². The molecule has 1 amide bonds. The van der Waals surface area contributed by atoms with Crippen molar-refractivity contribution in [2.24, 2.45) is 12.8 Å². The lowest BCUT2D eigenvalue weighted by molar-refractivity contribution is 0.102. The topological polar surface area (TPSA) is 72.9 Å². The zero-order chi connectivity index (χ0) is 14.5. The zero-order valence-corrected chi connectivity index (χ0v) is 10.9. The lowest BCUT2D eigenvalue weighted by Gasteiger charge is -2.03. The van der Waals surface area contributed by atoms with E-state index >= 15 is 0 Å². The lowest BCUT2D eigenvalue weighted by Crippen LogP contribution is -2.14. The highest BCUT2D eigenvalue weighted by Gasteiger charge is 2.13. The Hall–Kier alpha value is -2.65. The maximum atomic E-state index is 13.9. The van der Waals surface area contributed by atoms with Crippen LogP contribution < -0.4 is 11.1 Å². The first-order valence-corrected chi connectivity index (χ1v) is 5.89. The van der Waals surface area contributed by atoms with E-state index in [1.807, 2.05) is 0 Å². The van der Waals surface area contributed by atoms with Crippen LogP contribution in [0.4, 0.5) is 10.2 Å². The first-order chi connectivity index (χ1) is 9.60. The van der Waals surface area contributed by atoms with E-state index in [-0.39, 0.29) is 12.1 Å². The molecule has 2 aromatic rings. The van der Waals surface area contributed by atoms with Gasteiger partial charge in [-0.3, -0.25) is 9.48 Å². The van der Waals surface area contributed by atoms with E-state index in [1.165, 1.54) is 16.8 Å². The molecule has 0 fully saturated rings. The number of aromatic nitrogens is 2. The van der Waals surface area contributed by atoms with Crippen molar-refractivity contribution in [3.8, 4) is 11.8 Å². The van der Waals surface area contributed by atoms with E-state index < -0.39 is 11.7 Å². The Labute approximate surface area is 115 Å². The average molecular weight is 272 g/mol. The molecule has 0 aliphatic carbocycles. The Morgan fingerprint density at radius 3 is 2.90 bits per heavy atom. The maximum absolute atomic E-state index is 13.9. The molecule has 3 N–H and O–H groups in total. The van der Waals surface area contributed by atoms with Gasteiger partial charge in [-0.25, -0.2) is 4.39 Å². The highest BCUT2D eigenvalue weighted by atomic mass is 19.1. The summed E-state index contributed by atoms with van der Waals surface area (Å²) in [5, 5.41) is 6.51. The molecule has 2 rings (SSSR count). The number of halogens is 1. The lowest BCUT2D eigenvalue weighted by atomic mass is 10.1. The van der Waals surface area contributed by atoms with E-state index in [0.29, 0.717) is 11.4 Å². The van der Waals surface area contributed by atoms with Crippen molar-refractivity contribution in [1.82, 2.24) is 9.78 Å². The smallest absolute Gasteiger partial charge is 0.259 e. The van der Waals surface area contributed by atoms with Gasteiger partial charge in [0.1, 0.15) is 5.82 Å². The summed E-state index contributed by atoms with van der Waals surface area (Å²) in [4.78, 5) is 11.9. The van der Waals surface area contributed by atoms with Crippen LogP contribution >= 0.6 is 0 Å². The Morgan fingerprint density at radius 1 is 1.50 bits per heavy atom. The third kappa shape index (κ3) is 3.22. The van der Waals surface area contributed by atoms with Crippen LogP contribution in [0.1, 0.15) is 15.9 Å². The van der Waals surface area contributed by atoms with E-state index in [9.17, 15) is 9.18 Å². The van der Waals surface area contributed by atoms with Gasteiger partial charge in [-0.2, -0.15) is 5.10 Å². The van der Waals surface area contributed by atoms with Crippen molar-refractivity contribution < 1.29 is 9.18 Å². The second-order valence-corrected chi connectivity index (χ2v) is 4.03. The minimum Gasteiger partial charge on any atom is -0.320 e. The summed E-state index contributed by atoms with van der Waals surface area (Å²) in [5.41, 5.74) is 5.65. The average Bonchev–Trinajstić information content (AvgIpc) is 2.81. The van der Waals surface area contributed by atoms with Gasteiger partial charge >= 0.3 is 0 Å². The van der Waals surface area contributed by atoms with E-state index in [0.717, 1.165) is 0 Å². The number of hydrogen-bond acceptors (Lipinski definition) is 3. The van der Waals surface area contributed by atoms with Crippen LogP contribution in [0, 0.1) is 17.7 Å². The number of benzene rings is 1. The molecule has 102 valence electrons. The van der Waals surface area contributed by atoms with Gasteiger partial charge < -0.3 is 11.1 Å². The Balaban J connectivity index is 2.18. The standard InChI is InChI=1S/C14H13FN4O/c1-19-8-6-13(18-19)17-14(20)11-5-4-10(3-2-7-16)9-12(11)15/h4-6,8-9H,7,16H2,1H3,(H,17,18,20). The minimum absolute atomic E-state index is 0.0612. The van der Waals surface area contributed by atoms with Crippen molar-refractivity contribution in [2.75, 3.05) is 11.9 Å². The van der Waals surface area contributed by atoms with Gasteiger partial charge in [0.05, 0.1) is 12.1 Å². The van der Waals surface area contributed by atoms with Gasteiger partial charge in [-0.15, -0.1) is 0 Å². The predicted octanol–water partition coefficient (Wildman–Crippen LogP) is 1.12. The number of carbonyl (C=O) groups is 1. The van der Waals surface area contributed by atoms with Crippen LogP contribution in [0.5, 0.6) is 0 Å². The van der Waals surface area contributed by atoms with Crippen LogP contribution in [-0.2, 0) is 7.05 Å². The molecule has 0 bridgehead atoms. The SMILES string of the molecule is Cn1ccc(NC(=O)c2ccc(C#CCN)cc2F)n1. The normalized spacial score (nSPS) is 9.75. The van der Waals surface area contributed by atoms with Gasteiger partial charge in [0.15, 0.2) is 5.82 Å². The molecule has 1 aromatic heterocycles. The van der Waals surface area contributed by atoms with E-state index in [2.05, 4.69) is 22.3 Å². The molecule has 0 atom stereocenters. The molecule has 0 saturated carbocycles. The summed E-state index contributed by atoms with van der Waals surface area (Å²) < 4.78 is 15.4. The molecular formula is C14H13FN4O. The number of amides is 1. The van der Waals surface area contributed by atoms with Crippen molar-refractivity contribution in [3.63, 3.8) is 0 Å². The first kappa shape index (κ1) is 13.8. The summed E-state index contributed by atoms with van der Waals surface area (Å²) in [6.07, 6.45) is 1.68. The Bertz CT molecular complexity index is 697. The summed E-state index contributed by atoms with van der Waals surface area (Å²) in [7, 11) is 1.72. The summed E-state index contributed by atoms with van der Waals surface area (Å²) in [6, 6.07) is 5.78.